The van der Waals surface area contributed by atoms with Crippen LogP contribution < -0.4 is 16.4 Å². The second kappa shape index (κ2) is 8.11. The molecule has 154 valence electrons. The van der Waals surface area contributed by atoms with Crippen LogP contribution in [0, 0.1) is 5.82 Å². The zero-order chi connectivity index (χ0) is 21.3. The van der Waals surface area contributed by atoms with E-state index in [1.807, 2.05) is 6.07 Å². The van der Waals surface area contributed by atoms with Gasteiger partial charge in [-0.25, -0.2) is 14.2 Å². The smallest absolute Gasteiger partial charge is 0.317 e. The van der Waals surface area contributed by atoms with Gasteiger partial charge in [-0.1, -0.05) is 18.2 Å². The fraction of sp³-hybridized carbons (Fsp3) is 0.190. The maximum Gasteiger partial charge on any atom is 0.317 e. The summed E-state index contributed by atoms with van der Waals surface area (Å²) in [7, 11) is 1.59. The Morgan fingerprint density at radius 2 is 1.90 bits per heavy atom. The standard InChI is InChI=1S/C21H20FN5O2S/c1-24-21(29)27-9-8-16-18(11-27)30-20(26-16)19(28)25-17-10-13(4-7-15(17)23)12-2-5-14(22)6-3-12/h2-7,10H,8-9,11,23H2,1H3,(H,24,29)(H,25,28). The topological polar surface area (TPSA) is 100 Å². The van der Waals surface area contributed by atoms with Crippen molar-refractivity contribution < 1.29 is 14.0 Å². The van der Waals surface area contributed by atoms with E-state index in [0.717, 1.165) is 21.7 Å². The van der Waals surface area contributed by atoms with Gasteiger partial charge >= 0.3 is 6.03 Å². The first-order chi connectivity index (χ1) is 14.4. The molecular formula is C21H20FN5O2S. The average Bonchev–Trinajstić information content (AvgIpc) is 3.19. The highest BCUT2D eigenvalue weighted by Crippen LogP contribution is 2.29. The molecule has 0 atom stereocenters. The first kappa shape index (κ1) is 19.8. The molecule has 2 aromatic carbocycles. The number of anilines is 2. The van der Waals surface area contributed by atoms with Crippen molar-refractivity contribution in [1.29, 1.82) is 0 Å². The Morgan fingerprint density at radius 1 is 1.17 bits per heavy atom. The highest BCUT2D eigenvalue weighted by Gasteiger charge is 2.25. The molecule has 0 radical (unpaired) electrons. The van der Waals surface area contributed by atoms with Crippen LogP contribution >= 0.6 is 11.3 Å². The number of urea groups is 1. The number of nitrogens with one attached hydrogen (secondary N) is 2. The summed E-state index contributed by atoms with van der Waals surface area (Å²) in [5.41, 5.74) is 9.38. The van der Waals surface area contributed by atoms with E-state index in [1.54, 1.807) is 36.2 Å². The molecule has 3 aromatic rings. The van der Waals surface area contributed by atoms with E-state index in [4.69, 9.17) is 5.73 Å². The number of rotatable bonds is 3. The largest absolute Gasteiger partial charge is 0.397 e. The number of halogens is 1. The summed E-state index contributed by atoms with van der Waals surface area (Å²) in [6.07, 6.45) is 0.606. The molecule has 0 unspecified atom stereocenters. The molecule has 7 nitrogen and oxygen atoms in total. The number of aromatic nitrogens is 1. The second-order valence-corrected chi connectivity index (χ2v) is 7.96. The molecule has 0 saturated carbocycles. The minimum Gasteiger partial charge on any atom is -0.397 e. The monoisotopic (exact) mass is 425 g/mol. The van der Waals surface area contributed by atoms with Crippen LogP contribution in [0.3, 0.4) is 0 Å². The van der Waals surface area contributed by atoms with E-state index in [-0.39, 0.29) is 17.8 Å². The lowest BCUT2D eigenvalue weighted by atomic mass is 10.0. The van der Waals surface area contributed by atoms with Crippen LogP contribution in [0.15, 0.2) is 42.5 Å². The Bertz CT molecular complexity index is 1110. The van der Waals surface area contributed by atoms with Crippen molar-refractivity contribution in [2.24, 2.45) is 0 Å². The number of benzene rings is 2. The number of nitrogen functional groups attached to an aromatic ring is 1. The van der Waals surface area contributed by atoms with Gasteiger partial charge in [-0.05, 0) is 35.4 Å². The highest BCUT2D eigenvalue weighted by atomic mass is 32.1. The van der Waals surface area contributed by atoms with Gasteiger partial charge in [0.1, 0.15) is 5.82 Å². The van der Waals surface area contributed by atoms with Gasteiger partial charge in [-0.15, -0.1) is 11.3 Å². The summed E-state index contributed by atoms with van der Waals surface area (Å²) in [5, 5.41) is 5.76. The predicted molar refractivity (Wildman–Crippen MR) is 115 cm³/mol. The molecule has 2 heterocycles. The van der Waals surface area contributed by atoms with Crippen molar-refractivity contribution in [1.82, 2.24) is 15.2 Å². The summed E-state index contributed by atoms with van der Waals surface area (Å²) in [5.74, 6) is -0.672. The number of nitrogens with zero attached hydrogens (tertiary/aromatic N) is 2. The number of hydrogen-bond donors (Lipinski definition) is 3. The molecule has 0 bridgehead atoms. The molecule has 0 fully saturated rings. The lowest BCUT2D eigenvalue weighted by Crippen LogP contribution is -2.40. The van der Waals surface area contributed by atoms with E-state index in [2.05, 4.69) is 15.6 Å². The highest BCUT2D eigenvalue weighted by molar-refractivity contribution is 7.13. The van der Waals surface area contributed by atoms with Gasteiger partial charge in [-0.3, -0.25) is 4.79 Å². The van der Waals surface area contributed by atoms with Crippen molar-refractivity contribution in [3.8, 4) is 11.1 Å². The summed E-state index contributed by atoms with van der Waals surface area (Å²) in [4.78, 5) is 31.7. The molecular weight excluding hydrogens is 405 g/mol. The van der Waals surface area contributed by atoms with Gasteiger partial charge in [0.2, 0.25) is 0 Å². The van der Waals surface area contributed by atoms with E-state index >= 15 is 0 Å². The van der Waals surface area contributed by atoms with Gasteiger partial charge in [0.25, 0.3) is 5.91 Å². The Hall–Kier alpha value is -3.46. The molecule has 0 aliphatic carbocycles. The Labute approximate surface area is 176 Å². The molecule has 0 saturated heterocycles. The van der Waals surface area contributed by atoms with Crippen molar-refractivity contribution >= 4 is 34.6 Å². The van der Waals surface area contributed by atoms with Crippen LogP contribution in [-0.4, -0.2) is 35.4 Å². The normalized spacial score (nSPS) is 12.9. The third kappa shape index (κ3) is 3.97. The Morgan fingerprint density at radius 3 is 2.63 bits per heavy atom. The molecule has 1 aliphatic rings. The van der Waals surface area contributed by atoms with Gasteiger partial charge in [0.15, 0.2) is 5.01 Å². The van der Waals surface area contributed by atoms with Gasteiger partial charge in [0.05, 0.1) is 23.6 Å². The average molecular weight is 425 g/mol. The molecule has 3 amide bonds. The number of hydrogen-bond acceptors (Lipinski definition) is 5. The lowest BCUT2D eigenvalue weighted by molar-refractivity contribution is 0.102. The Balaban J connectivity index is 1.53. The minimum absolute atomic E-state index is 0.148. The van der Waals surface area contributed by atoms with E-state index in [0.29, 0.717) is 35.9 Å². The predicted octanol–water partition coefficient (Wildman–Crippen LogP) is 3.48. The quantitative estimate of drug-likeness (QED) is 0.559. The Kier molecular flexibility index (Phi) is 5.37. The van der Waals surface area contributed by atoms with Gasteiger partial charge in [-0.2, -0.15) is 0 Å². The van der Waals surface area contributed by atoms with Gasteiger partial charge in [0, 0.05) is 24.9 Å². The first-order valence-corrected chi connectivity index (χ1v) is 10.2. The van der Waals surface area contributed by atoms with Gasteiger partial charge < -0.3 is 21.3 Å². The van der Waals surface area contributed by atoms with Crippen molar-refractivity contribution in [2.75, 3.05) is 24.6 Å². The number of amides is 3. The molecule has 1 aromatic heterocycles. The number of thiazole rings is 1. The van der Waals surface area contributed by atoms with Crippen LogP contribution in [0.25, 0.3) is 11.1 Å². The summed E-state index contributed by atoms with van der Waals surface area (Å²) < 4.78 is 13.2. The van der Waals surface area contributed by atoms with E-state index in [9.17, 15) is 14.0 Å². The maximum absolute atomic E-state index is 13.2. The summed E-state index contributed by atoms with van der Waals surface area (Å²) >= 11 is 1.28. The molecule has 4 N–H and O–H groups in total. The van der Waals surface area contributed by atoms with Crippen LogP contribution in [0.2, 0.25) is 0 Å². The number of carbonyl (C=O) groups excluding carboxylic acids is 2. The molecule has 4 rings (SSSR count). The van der Waals surface area contributed by atoms with Crippen LogP contribution in [0.1, 0.15) is 20.4 Å². The van der Waals surface area contributed by atoms with Crippen LogP contribution in [0.5, 0.6) is 0 Å². The van der Waals surface area contributed by atoms with Crippen molar-refractivity contribution in [3.05, 3.63) is 63.9 Å². The van der Waals surface area contributed by atoms with Crippen molar-refractivity contribution in [3.63, 3.8) is 0 Å². The molecule has 1 aliphatic heterocycles. The summed E-state index contributed by atoms with van der Waals surface area (Å²) in [6, 6.07) is 11.2. The zero-order valence-electron chi connectivity index (χ0n) is 16.2. The zero-order valence-corrected chi connectivity index (χ0v) is 17.1. The number of nitrogens with two attached hydrogens (primary N) is 1. The fourth-order valence-corrected chi connectivity index (χ4v) is 4.31. The molecule has 30 heavy (non-hydrogen) atoms. The fourth-order valence-electron chi connectivity index (χ4n) is 3.29. The third-order valence-corrected chi connectivity index (χ3v) is 5.99. The summed E-state index contributed by atoms with van der Waals surface area (Å²) in [6.45, 7) is 0.992. The molecule has 9 heteroatoms. The SMILES string of the molecule is CNC(=O)N1CCc2nc(C(=O)Nc3cc(-c4ccc(F)cc4)ccc3N)sc2C1. The minimum atomic E-state index is -0.358. The number of carbonyl (C=O) groups is 2. The first-order valence-electron chi connectivity index (χ1n) is 9.36. The third-order valence-electron chi connectivity index (χ3n) is 4.91. The van der Waals surface area contributed by atoms with Crippen LogP contribution in [0.4, 0.5) is 20.6 Å². The lowest BCUT2D eigenvalue weighted by Gasteiger charge is -2.25. The van der Waals surface area contributed by atoms with Crippen molar-refractivity contribution in [2.45, 2.75) is 13.0 Å². The number of fused-ring (bicyclic) bond motifs is 1. The van der Waals surface area contributed by atoms with E-state index < -0.39 is 0 Å². The second-order valence-electron chi connectivity index (χ2n) is 6.88. The molecule has 0 spiro atoms. The van der Waals surface area contributed by atoms with Crippen LogP contribution in [-0.2, 0) is 13.0 Å². The van der Waals surface area contributed by atoms with E-state index in [1.165, 1.54) is 23.5 Å². The maximum atomic E-state index is 13.2.